The molecule has 3 aromatic rings. The highest BCUT2D eigenvalue weighted by Crippen LogP contribution is 2.26. The molecular formula is C24H31NO. The summed E-state index contributed by atoms with van der Waals surface area (Å²) >= 11 is 0. The van der Waals surface area contributed by atoms with Crippen molar-refractivity contribution in [1.29, 1.82) is 0 Å². The van der Waals surface area contributed by atoms with E-state index >= 15 is 0 Å². The van der Waals surface area contributed by atoms with Gasteiger partial charge in [0.1, 0.15) is 5.75 Å². The first-order valence-electron chi connectivity index (χ1n) is 9.92. The average Bonchev–Trinajstić information content (AvgIpc) is 2.98. The van der Waals surface area contributed by atoms with Crippen LogP contribution in [-0.4, -0.2) is 11.2 Å². The van der Waals surface area contributed by atoms with E-state index in [1.807, 2.05) is 0 Å². The Morgan fingerprint density at radius 2 is 1.77 bits per heavy atom. The van der Waals surface area contributed by atoms with Crippen LogP contribution >= 0.6 is 0 Å². The van der Waals surface area contributed by atoms with Crippen LogP contribution < -0.4 is 4.74 Å². The van der Waals surface area contributed by atoms with Crippen LogP contribution in [0.3, 0.4) is 0 Å². The van der Waals surface area contributed by atoms with Gasteiger partial charge in [0, 0.05) is 18.3 Å². The van der Waals surface area contributed by atoms with Crippen molar-refractivity contribution in [3.8, 4) is 5.75 Å². The SMILES string of the molecule is CCCCOc1ccc(C(C)Cc2ccc3cc(CC)n(C)c3c2)cc1. The molecule has 0 aliphatic rings. The number of aryl methyl sites for hydroxylation is 2. The fourth-order valence-electron chi connectivity index (χ4n) is 3.60. The minimum Gasteiger partial charge on any atom is -0.494 e. The summed E-state index contributed by atoms with van der Waals surface area (Å²) in [5, 5.41) is 1.34. The largest absolute Gasteiger partial charge is 0.494 e. The van der Waals surface area contributed by atoms with Gasteiger partial charge in [-0.05, 0) is 66.0 Å². The van der Waals surface area contributed by atoms with E-state index in [2.05, 4.69) is 80.9 Å². The highest BCUT2D eigenvalue weighted by atomic mass is 16.5. The van der Waals surface area contributed by atoms with E-state index in [-0.39, 0.29) is 0 Å². The third-order valence-corrected chi connectivity index (χ3v) is 5.33. The Morgan fingerprint density at radius 1 is 1.00 bits per heavy atom. The number of ether oxygens (including phenoxy) is 1. The molecule has 0 fully saturated rings. The van der Waals surface area contributed by atoms with Crippen molar-refractivity contribution < 1.29 is 4.74 Å². The van der Waals surface area contributed by atoms with Gasteiger partial charge in [0.2, 0.25) is 0 Å². The lowest BCUT2D eigenvalue weighted by atomic mass is 9.93. The number of aromatic nitrogens is 1. The molecule has 0 aliphatic heterocycles. The Morgan fingerprint density at radius 3 is 2.46 bits per heavy atom. The summed E-state index contributed by atoms with van der Waals surface area (Å²) in [6, 6.07) is 17.8. The van der Waals surface area contributed by atoms with Crippen molar-refractivity contribution in [3.05, 3.63) is 65.4 Å². The number of hydrogen-bond acceptors (Lipinski definition) is 1. The highest BCUT2D eigenvalue weighted by Gasteiger charge is 2.10. The maximum atomic E-state index is 5.77. The standard InChI is InChI=1S/C24H31NO/c1-5-7-14-26-23-12-10-20(11-13-23)18(3)15-19-8-9-21-17-22(6-2)25(4)24(21)16-19/h8-13,16-18H,5-7,14-15H2,1-4H3. The number of unbranched alkanes of at least 4 members (excludes halogenated alkanes) is 1. The quantitative estimate of drug-likeness (QED) is 0.437. The molecule has 0 aliphatic carbocycles. The average molecular weight is 350 g/mol. The molecule has 2 nitrogen and oxygen atoms in total. The second-order valence-electron chi connectivity index (χ2n) is 7.32. The molecule has 0 spiro atoms. The summed E-state index contributed by atoms with van der Waals surface area (Å²) < 4.78 is 8.10. The Bertz CT molecular complexity index is 845. The Kier molecular flexibility index (Phi) is 6.03. The van der Waals surface area contributed by atoms with Crippen molar-refractivity contribution in [3.63, 3.8) is 0 Å². The summed E-state index contributed by atoms with van der Waals surface area (Å²) in [6.45, 7) is 7.51. The lowest BCUT2D eigenvalue weighted by Gasteiger charge is -2.14. The summed E-state index contributed by atoms with van der Waals surface area (Å²) in [6.07, 6.45) is 4.40. The van der Waals surface area contributed by atoms with Crippen molar-refractivity contribution in [2.24, 2.45) is 7.05 Å². The monoisotopic (exact) mass is 349 g/mol. The zero-order chi connectivity index (χ0) is 18.5. The number of rotatable bonds is 8. The lowest BCUT2D eigenvalue weighted by molar-refractivity contribution is 0.309. The van der Waals surface area contributed by atoms with Crippen LogP contribution in [0.15, 0.2) is 48.5 Å². The van der Waals surface area contributed by atoms with Crippen LogP contribution in [0, 0.1) is 0 Å². The van der Waals surface area contributed by atoms with Crippen LogP contribution in [0.2, 0.25) is 0 Å². The second kappa shape index (κ2) is 8.44. The van der Waals surface area contributed by atoms with Gasteiger partial charge in [-0.3, -0.25) is 0 Å². The number of fused-ring (bicyclic) bond motifs is 1. The van der Waals surface area contributed by atoms with E-state index < -0.39 is 0 Å². The number of benzene rings is 2. The van der Waals surface area contributed by atoms with Gasteiger partial charge in [0.15, 0.2) is 0 Å². The molecular weight excluding hydrogens is 318 g/mol. The van der Waals surface area contributed by atoms with Gasteiger partial charge in [0.25, 0.3) is 0 Å². The van der Waals surface area contributed by atoms with E-state index in [1.165, 1.54) is 34.1 Å². The van der Waals surface area contributed by atoms with E-state index in [0.29, 0.717) is 5.92 Å². The molecule has 0 amide bonds. The number of nitrogens with zero attached hydrogens (tertiary/aromatic N) is 1. The predicted octanol–water partition coefficient (Wildman–Crippen LogP) is 6.27. The first-order chi connectivity index (χ1) is 12.6. The summed E-state index contributed by atoms with van der Waals surface area (Å²) in [5.74, 6) is 1.47. The molecule has 26 heavy (non-hydrogen) atoms. The predicted molar refractivity (Wildman–Crippen MR) is 111 cm³/mol. The number of hydrogen-bond donors (Lipinski definition) is 0. The van der Waals surface area contributed by atoms with Crippen LogP contribution in [0.5, 0.6) is 5.75 Å². The van der Waals surface area contributed by atoms with Crippen LogP contribution in [0.1, 0.15) is 56.4 Å². The molecule has 1 aromatic heterocycles. The molecule has 1 atom stereocenters. The van der Waals surface area contributed by atoms with Gasteiger partial charge in [-0.15, -0.1) is 0 Å². The smallest absolute Gasteiger partial charge is 0.119 e. The topological polar surface area (TPSA) is 14.2 Å². The highest BCUT2D eigenvalue weighted by molar-refractivity contribution is 5.82. The molecule has 0 N–H and O–H groups in total. The lowest BCUT2D eigenvalue weighted by Crippen LogP contribution is -2.00. The third-order valence-electron chi connectivity index (χ3n) is 5.33. The van der Waals surface area contributed by atoms with E-state index in [9.17, 15) is 0 Å². The van der Waals surface area contributed by atoms with Gasteiger partial charge in [0.05, 0.1) is 6.61 Å². The molecule has 2 heteroatoms. The van der Waals surface area contributed by atoms with Crippen LogP contribution in [-0.2, 0) is 19.9 Å². The Hall–Kier alpha value is -2.22. The summed E-state index contributed by atoms with van der Waals surface area (Å²) in [5.41, 5.74) is 5.50. The minimum atomic E-state index is 0.489. The maximum absolute atomic E-state index is 5.77. The minimum absolute atomic E-state index is 0.489. The third kappa shape index (κ3) is 4.12. The zero-order valence-corrected chi connectivity index (χ0v) is 16.6. The van der Waals surface area contributed by atoms with Crippen LogP contribution in [0.25, 0.3) is 10.9 Å². The van der Waals surface area contributed by atoms with Crippen molar-refractivity contribution in [2.75, 3.05) is 6.61 Å². The van der Waals surface area contributed by atoms with E-state index in [0.717, 1.165) is 31.6 Å². The zero-order valence-electron chi connectivity index (χ0n) is 16.6. The normalized spacial score (nSPS) is 12.5. The fourth-order valence-corrected chi connectivity index (χ4v) is 3.60. The molecule has 0 saturated carbocycles. The molecule has 1 heterocycles. The molecule has 3 rings (SSSR count). The van der Waals surface area contributed by atoms with Gasteiger partial charge >= 0.3 is 0 Å². The fraction of sp³-hybridized carbons (Fsp3) is 0.417. The maximum Gasteiger partial charge on any atom is 0.119 e. The Balaban J connectivity index is 1.70. The van der Waals surface area contributed by atoms with Gasteiger partial charge in [-0.2, -0.15) is 0 Å². The molecule has 0 radical (unpaired) electrons. The first kappa shape index (κ1) is 18.6. The first-order valence-corrected chi connectivity index (χ1v) is 9.92. The molecule has 1 unspecified atom stereocenters. The van der Waals surface area contributed by atoms with Crippen LogP contribution in [0.4, 0.5) is 0 Å². The molecule has 2 aromatic carbocycles. The van der Waals surface area contributed by atoms with Crippen molar-refractivity contribution >= 4 is 10.9 Å². The summed E-state index contributed by atoms with van der Waals surface area (Å²) in [4.78, 5) is 0. The van der Waals surface area contributed by atoms with Gasteiger partial charge in [-0.25, -0.2) is 0 Å². The van der Waals surface area contributed by atoms with Crippen molar-refractivity contribution in [1.82, 2.24) is 4.57 Å². The van der Waals surface area contributed by atoms with Gasteiger partial charge < -0.3 is 9.30 Å². The van der Waals surface area contributed by atoms with Gasteiger partial charge in [-0.1, -0.05) is 51.5 Å². The molecule has 0 bridgehead atoms. The second-order valence-corrected chi connectivity index (χ2v) is 7.32. The molecule has 138 valence electrons. The van der Waals surface area contributed by atoms with Crippen molar-refractivity contribution in [2.45, 2.75) is 52.4 Å². The Labute approximate surface area is 157 Å². The van der Waals surface area contributed by atoms with E-state index in [4.69, 9.17) is 4.74 Å². The molecule has 0 saturated heterocycles. The van der Waals surface area contributed by atoms with E-state index in [1.54, 1.807) is 0 Å². The summed E-state index contributed by atoms with van der Waals surface area (Å²) in [7, 11) is 2.17.